The van der Waals surface area contributed by atoms with Crippen molar-refractivity contribution in [2.24, 2.45) is 0 Å². The summed E-state index contributed by atoms with van der Waals surface area (Å²) in [6.45, 7) is 0.637. The summed E-state index contributed by atoms with van der Waals surface area (Å²) in [4.78, 5) is 1.99. The van der Waals surface area contributed by atoms with Crippen LogP contribution in [0.5, 0.6) is 0 Å². The number of anilines is 1. The van der Waals surface area contributed by atoms with E-state index in [0.717, 1.165) is 15.9 Å². The van der Waals surface area contributed by atoms with Crippen molar-refractivity contribution < 1.29 is 4.42 Å². The highest BCUT2D eigenvalue weighted by atomic mass is 79.9. The lowest BCUT2D eigenvalue weighted by Gasteiger charge is -2.19. The van der Waals surface area contributed by atoms with Crippen LogP contribution in [-0.4, -0.2) is 7.05 Å². The summed E-state index contributed by atoms with van der Waals surface area (Å²) in [6, 6.07) is 11.7. The molecule has 0 radical (unpaired) electrons. The molecule has 0 saturated carbocycles. The lowest BCUT2D eigenvalue weighted by atomic mass is 10.2. The molecule has 0 atom stereocenters. The minimum absolute atomic E-state index is 0.637. The molecule has 2 aromatic rings. The molecule has 2 rings (SSSR count). The molecular weight excluding hydrogens is 280 g/mol. The first kappa shape index (κ1) is 11.7. The van der Waals surface area contributed by atoms with Gasteiger partial charge in [0, 0.05) is 11.5 Å². The molecule has 1 heterocycles. The fraction of sp³-hybridized carbons (Fsp3) is 0.154. The van der Waals surface area contributed by atoms with Crippen LogP contribution in [0, 0.1) is 11.3 Å². The molecule has 0 aliphatic rings. The summed E-state index contributed by atoms with van der Waals surface area (Å²) in [7, 11) is 1.94. The molecule has 1 aromatic carbocycles. The zero-order valence-corrected chi connectivity index (χ0v) is 10.9. The second-order valence-electron chi connectivity index (χ2n) is 3.68. The Morgan fingerprint density at radius 1 is 1.35 bits per heavy atom. The highest BCUT2D eigenvalue weighted by Crippen LogP contribution is 2.27. The maximum absolute atomic E-state index is 9.14. The van der Waals surface area contributed by atoms with E-state index in [9.17, 15) is 0 Å². The number of nitriles is 1. The molecule has 3 nitrogen and oxygen atoms in total. The normalized spacial score (nSPS) is 9.94. The fourth-order valence-electron chi connectivity index (χ4n) is 1.66. The summed E-state index contributed by atoms with van der Waals surface area (Å²) in [5, 5.41) is 9.14. The molecule has 0 bridgehead atoms. The minimum Gasteiger partial charge on any atom is -0.467 e. The third-order valence-electron chi connectivity index (χ3n) is 2.49. The van der Waals surface area contributed by atoms with Crippen molar-refractivity contribution in [3.8, 4) is 6.07 Å². The van der Waals surface area contributed by atoms with E-state index in [1.54, 1.807) is 6.26 Å². The van der Waals surface area contributed by atoms with E-state index in [4.69, 9.17) is 9.68 Å². The highest BCUT2D eigenvalue weighted by molar-refractivity contribution is 9.10. The largest absolute Gasteiger partial charge is 0.467 e. The number of furan rings is 1. The summed E-state index contributed by atoms with van der Waals surface area (Å²) >= 11 is 3.38. The van der Waals surface area contributed by atoms with Crippen LogP contribution in [0.15, 0.2) is 45.5 Å². The Balaban J connectivity index is 2.28. The Kier molecular flexibility index (Phi) is 3.50. The van der Waals surface area contributed by atoms with Crippen LogP contribution in [0.1, 0.15) is 11.3 Å². The van der Waals surface area contributed by atoms with Gasteiger partial charge in [0.05, 0.1) is 24.1 Å². The molecule has 0 saturated heterocycles. The standard InChI is InChI=1S/C13H11BrN2O/c1-16(9-10-4-3-7-17-10)13-6-2-5-12(14)11(13)8-15/h2-7H,9H2,1H3. The molecule has 0 fully saturated rings. The summed E-state index contributed by atoms with van der Waals surface area (Å²) in [5.74, 6) is 0.872. The zero-order valence-electron chi connectivity index (χ0n) is 9.35. The second kappa shape index (κ2) is 5.07. The molecule has 17 heavy (non-hydrogen) atoms. The number of rotatable bonds is 3. The molecule has 1 aromatic heterocycles. The van der Waals surface area contributed by atoms with E-state index in [0.29, 0.717) is 12.1 Å². The van der Waals surface area contributed by atoms with Crippen LogP contribution < -0.4 is 4.90 Å². The van der Waals surface area contributed by atoms with Crippen molar-refractivity contribution in [1.29, 1.82) is 5.26 Å². The number of hydrogen-bond donors (Lipinski definition) is 0. The first-order valence-electron chi connectivity index (χ1n) is 5.14. The summed E-state index contributed by atoms with van der Waals surface area (Å²) in [5.41, 5.74) is 1.53. The van der Waals surface area contributed by atoms with Gasteiger partial charge in [-0.25, -0.2) is 0 Å². The first-order valence-corrected chi connectivity index (χ1v) is 5.94. The van der Waals surface area contributed by atoms with Crippen molar-refractivity contribution in [3.05, 3.63) is 52.4 Å². The van der Waals surface area contributed by atoms with Gasteiger partial charge in [0.25, 0.3) is 0 Å². The van der Waals surface area contributed by atoms with Crippen LogP contribution >= 0.6 is 15.9 Å². The third-order valence-corrected chi connectivity index (χ3v) is 3.15. The fourth-order valence-corrected chi connectivity index (χ4v) is 2.11. The molecule has 0 N–H and O–H groups in total. The van der Waals surface area contributed by atoms with Crippen LogP contribution in [0.25, 0.3) is 0 Å². The molecule has 0 amide bonds. The first-order chi connectivity index (χ1) is 8.22. The van der Waals surface area contributed by atoms with Gasteiger partial charge in [-0.15, -0.1) is 0 Å². The SMILES string of the molecule is CN(Cc1ccco1)c1cccc(Br)c1C#N. The maximum atomic E-state index is 9.14. The Bertz CT molecular complexity index is 543. The van der Waals surface area contributed by atoms with Gasteiger partial charge in [-0.3, -0.25) is 0 Å². The Morgan fingerprint density at radius 2 is 2.18 bits per heavy atom. The van der Waals surface area contributed by atoms with Gasteiger partial charge >= 0.3 is 0 Å². The highest BCUT2D eigenvalue weighted by Gasteiger charge is 2.11. The van der Waals surface area contributed by atoms with Crippen molar-refractivity contribution in [2.75, 3.05) is 11.9 Å². The maximum Gasteiger partial charge on any atom is 0.123 e. The van der Waals surface area contributed by atoms with Crippen LogP contribution in [0.2, 0.25) is 0 Å². The number of hydrogen-bond acceptors (Lipinski definition) is 3. The molecule has 0 unspecified atom stereocenters. The number of halogens is 1. The molecule has 0 aliphatic carbocycles. The molecule has 0 spiro atoms. The van der Waals surface area contributed by atoms with Gasteiger partial charge < -0.3 is 9.32 Å². The third kappa shape index (κ3) is 2.51. The molecular formula is C13H11BrN2O. The lowest BCUT2D eigenvalue weighted by Crippen LogP contribution is -2.17. The Labute approximate surface area is 108 Å². The van der Waals surface area contributed by atoms with E-state index < -0.39 is 0 Å². The van der Waals surface area contributed by atoms with Gasteiger partial charge in [0.1, 0.15) is 11.8 Å². The Hall–Kier alpha value is -1.73. The minimum atomic E-state index is 0.637. The van der Waals surface area contributed by atoms with Gasteiger partial charge in [-0.1, -0.05) is 6.07 Å². The van der Waals surface area contributed by atoms with Gasteiger partial charge in [-0.2, -0.15) is 5.26 Å². The molecule has 0 aliphatic heterocycles. The predicted molar refractivity (Wildman–Crippen MR) is 69.7 cm³/mol. The van der Waals surface area contributed by atoms with Crippen molar-refractivity contribution in [3.63, 3.8) is 0 Å². The monoisotopic (exact) mass is 290 g/mol. The summed E-state index contributed by atoms with van der Waals surface area (Å²) in [6.07, 6.45) is 1.65. The summed E-state index contributed by atoms with van der Waals surface area (Å²) < 4.78 is 6.10. The van der Waals surface area contributed by atoms with E-state index in [1.165, 1.54) is 0 Å². The van der Waals surface area contributed by atoms with E-state index in [1.807, 2.05) is 42.3 Å². The Morgan fingerprint density at radius 3 is 2.82 bits per heavy atom. The molecule has 4 heteroatoms. The van der Waals surface area contributed by atoms with Crippen molar-refractivity contribution >= 4 is 21.6 Å². The molecule has 86 valence electrons. The topological polar surface area (TPSA) is 40.2 Å². The van der Waals surface area contributed by atoms with E-state index in [-0.39, 0.29) is 0 Å². The van der Waals surface area contributed by atoms with Gasteiger partial charge in [-0.05, 0) is 40.2 Å². The predicted octanol–water partition coefficient (Wildman–Crippen LogP) is 3.55. The zero-order chi connectivity index (χ0) is 12.3. The van der Waals surface area contributed by atoms with E-state index >= 15 is 0 Å². The van der Waals surface area contributed by atoms with E-state index in [2.05, 4.69) is 22.0 Å². The van der Waals surface area contributed by atoms with Crippen LogP contribution in [0.4, 0.5) is 5.69 Å². The van der Waals surface area contributed by atoms with Gasteiger partial charge in [0.2, 0.25) is 0 Å². The van der Waals surface area contributed by atoms with Crippen LogP contribution in [0.3, 0.4) is 0 Å². The van der Waals surface area contributed by atoms with Crippen molar-refractivity contribution in [1.82, 2.24) is 0 Å². The number of nitrogens with zero attached hydrogens (tertiary/aromatic N) is 2. The van der Waals surface area contributed by atoms with Crippen molar-refractivity contribution in [2.45, 2.75) is 6.54 Å². The average Bonchev–Trinajstić information content (AvgIpc) is 2.81. The van der Waals surface area contributed by atoms with Crippen LogP contribution in [-0.2, 0) is 6.54 Å². The van der Waals surface area contributed by atoms with Gasteiger partial charge in [0.15, 0.2) is 0 Å². The average molecular weight is 291 g/mol. The smallest absolute Gasteiger partial charge is 0.123 e. The number of benzene rings is 1. The quantitative estimate of drug-likeness (QED) is 0.868. The lowest BCUT2D eigenvalue weighted by molar-refractivity contribution is 0.507. The second-order valence-corrected chi connectivity index (χ2v) is 4.54.